The maximum atomic E-state index is 12.5. The predicted octanol–water partition coefficient (Wildman–Crippen LogP) is 4.73. The maximum Gasteiger partial charge on any atom is 0.314 e. The lowest BCUT2D eigenvalue weighted by Crippen LogP contribution is -2.33. The van der Waals surface area contributed by atoms with Crippen molar-refractivity contribution in [2.75, 3.05) is 6.61 Å². The largest absolute Gasteiger partial charge is 0.426 e. The summed E-state index contributed by atoms with van der Waals surface area (Å²) in [6, 6.07) is 8.67. The van der Waals surface area contributed by atoms with Crippen LogP contribution in [0.1, 0.15) is 76.7 Å². The fourth-order valence-electron chi connectivity index (χ4n) is 4.43. The number of hydrogen-bond acceptors (Lipinski definition) is 6. The molecule has 1 N–H and O–H groups in total. The number of nitriles is 1. The molecule has 0 spiro atoms. The molecule has 0 bridgehead atoms. The molecule has 2 aliphatic carbocycles. The third-order valence-corrected chi connectivity index (χ3v) is 6.41. The number of rotatable bonds is 9. The molecule has 2 fully saturated rings. The molecule has 0 aliphatic heterocycles. The average molecular weight is 430 g/mol. The van der Waals surface area contributed by atoms with Crippen LogP contribution in [0, 0.1) is 23.2 Å². The molecule has 2 saturated carbocycles. The van der Waals surface area contributed by atoms with E-state index in [1.165, 1.54) is 0 Å². The Kier molecular flexibility index (Phi) is 9.32. The number of esters is 1. The van der Waals surface area contributed by atoms with Crippen molar-refractivity contribution in [3.8, 4) is 11.8 Å². The van der Waals surface area contributed by atoms with Gasteiger partial charge in [0.15, 0.2) is 6.29 Å². The van der Waals surface area contributed by atoms with Crippen LogP contribution in [0.4, 0.5) is 0 Å². The van der Waals surface area contributed by atoms with Crippen LogP contribution in [0.15, 0.2) is 24.3 Å². The molecule has 0 heterocycles. The van der Waals surface area contributed by atoms with Gasteiger partial charge in [-0.15, -0.1) is 0 Å². The predicted molar refractivity (Wildman–Crippen MR) is 116 cm³/mol. The maximum absolute atomic E-state index is 12.5. The smallest absolute Gasteiger partial charge is 0.314 e. The van der Waals surface area contributed by atoms with Gasteiger partial charge < -0.3 is 19.3 Å². The van der Waals surface area contributed by atoms with Gasteiger partial charge in [0.1, 0.15) is 5.75 Å². The SMILES string of the molecule is CCCC(OCC1CCC(O)CC1)OC1CCC(C(=O)Oc2ccc(C#N)cc2)CC1. The molecule has 31 heavy (non-hydrogen) atoms. The van der Waals surface area contributed by atoms with Gasteiger partial charge in [0, 0.05) is 0 Å². The Hall–Kier alpha value is -1.94. The van der Waals surface area contributed by atoms with Crippen molar-refractivity contribution < 1.29 is 24.1 Å². The average Bonchev–Trinajstić information content (AvgIpc) is 2.79. The van der Waals surface area contributed by atoms with Crippen LogP contribution in [-0.2, 0) is 14.3 Å². The van der Waals surface area contributed by atoms with Crippen LogP contribution in [-0.4, -0.2) is 36.2 Å². The second-order valence-corrected chi connectivity index (χ2v) is 8.89. The van der Waals surface area contributed by atoms with Gasteiger partial charge in [-0.2, -0.15) is 5.26 Å². The normalized spacial score (nSPS) is 27.3. The topological polar surface area (TPSA) is 88.8 Å². The van der Waals surface area contributed by atoms with Crippen LogP contribution in [0.3, 0.4) is 0 Å². The molecule has 0 saturated heterocycles. The molecule has 6 heteroatoms. The van der Waals surface area contributed by atoms with Gasteiger partial charge in [-0.05, 0) is 88.0 Å². The summed E-state index contributed by atoms with van der Waals surface area (Å²) in [6.45, 7) is 2.83. The van der Waals surface area contributed by atoms with Crippen LogP contribution in [0.25, 0.3) is 0 Å². The molecule has 0 amide bonds. The van der Waals surface area contributed by atoms with E-state index < -0.39 is 0 Å². The molecule has 0 aromatic heterocycles. The number of benzene rings is 1. The monoisotopic (exact) mass is 429 g/mol. The van der Waals surface area contributed by atoms with E-state index in [9.17, 15) is 9.90 Å². The zero-order chi connectivity index (χ0) is 22.1. The molecule has 1 atom stereocenters. The molecule has 170 valence electrons. The summed E-state index contributed by atoms with van der Waals surface area (Å²) in [6.07, 6.45) is 8.59. The van der Waals surface area contributed by atoms with E-state index in [1.54, 1.807) is 24.3 Å². The number of hydrogen-bond donors (Lipinski definition) is 1. The highest BCUT2D eigenvalue weighted by molar-refractivity contribution is 5.75. The van der Waals surface area contributed by atoms with Crippen LogP contribution in [0.5, 0.6) is 5.75 Å². The molecule has 1 unspecified atom stereocenters. The van der Waals surface area contributed by atoms with Crippen LogP contribution < -0.4 is 4.74 Å². The molecular formula is C25H35NO5. The zero-order valence-electron chi connectivity index (χ0n) is 18.5. The Labute approximate surface area is 185 Å². The Morgan fingerprint density at radius 3 is 2.39 bits per heavy atom. The van der Waals surface area contributed by atoms with E-state index >= 15 is 0 Å². The molecule has 1 aromatic carbocycles. The molecule has 2 aliphatic rings. The van der Waals surface area contributed by atoms with Crippen LogP contribution in [0.2, 0.25) is 0 Å². The second-order valence-electron chi connectivity index (χ2n) is 8.89. The fourth-order valence-corrected chi connectivity index (χ4v) is 4.43. The number of carbonyl (C=O) groups is 1. The molecule has 6 nitrogen and oxygen atoms in total. The van der Waals surface area contributed by atoms with Crippen molar-refractivity contribution in [1.29, 1.82) is 5.26 Å². The van der Waals surface area contributed by atoms with Gasteiger partial charge >= 0.3 is 5.97 Å². The first-order chi connectivity index (χ1) is 15.1. The highest BCUT2D eigenvalue weighted by atomic mass is 16.7. The Morgan fingerprint density at radius 1 is 1.10 bits per heavy atom. The highest BCUT2D eigenvalue weighted by Crippen LogP contribution is 2.30. The summed E-state index contributed by atoms with van der Waals surface area (Å²) in [4.78, 5) is 12.5. The Morgan fingerprint density at radius 2 is 1.77 bits per heavy atom. The minimum absolute atomic E-state index is 0.115. The molecule has 0 radical (unpaired) electrons. The number of aliphatic hydroxyl groups excluding tert-OH is 1. The van der Waals surface area contributed by atoms with E-state index in [0.29, 0.717) is 23.8 Å². The molecular weight excluding hydrogens is 394 g/mol. The minimum atomic E-state index is -0.205. The van der Waals surface area contributed by atoms with Crippen molar-refractivity contribution in [1.82, 2.24) is 0 Å². The highest BCUT2D eigenvalue weighted by Gasteiger charge is 2.30. The fraction of sp³-hybridized carbons (Fsp3) is 0.680. The van der Waals surface area contributed by atoms with E-state index in [1.807, 2.05) is 0 Å². The summed E-state index contributed by atoms with van der Waals surface area (Å²) < 4.78 is 17.9. The van der Waals surface area contributed by atoms with Gasteiger partial charge in [0.25, 0.3) is 0 Å². The lowest BCUT2D eigenvalue weighted by Gasteiger charge is -2.32. The van der Waals surface area contributed by atoms with Crippen molar-refractivity contribution in [2.24, 2.45) is 11.8 Å². The number of ether oxygens (including phenoxy) is 3. The summed E-state index contributed by atoms with van der Waals surface area (Å²) in [7, 11) is 0. The van der Waals surface area contributed by atoms with Crippen molar-refractivity contribution >= 4 is 5.97 Å². The summed E-state index contributed by atoms with van der Waals surface area (Å²) in [5.74, 6) is 0.673. The quantitative estimate of drug-likeness (QED) is 0.347. The lowest BCUT2D eigenvalue weighted by molar-refractivity contribution is -0.189. The Bertz CT molecular complexity index is 712. The van der Waals surface area contributed by atoms with Gasteiger partial charge in [0.05, 0.1) is 36.4 Å². The Balaban J connectivity index is 1.39. The number of carbonyl (C=O) groups excluding carboxylic acids is 1. The van der Waals surface area contributed by atoms with E-state index in [-0.39, 0.29) is 30.4 Å². The third-order valence-electron chi connectivity index (χ3n) is 6.41. The first-order valence-electron chi connectivity index (χ1n) is 11.7. The van der Waals surface area contributed by atoms with E-state index in [2.05, 4.69) is 13.0 Å². The lowest BCUT2D eigenvalue weighted by atomic mass is 9.87. The standard InChI is InChI=1S/C25H35NO5/c1-2-3-24(29-17-19-4-10-21(27)11-5-19)30-22-14-8-20(9-15-22)25(28)31-23-12-6-18(16-26)7-13-23/h6-7,12-13,19-22,24,27H,2-5,8-11,14-15,17H2,1H3. The van der Waals surface area contributed by atoms with E-state index in [4.69, 9.17) is 19.5 Å². The van der Waals surface area contributed by atoms with Gasteiger partial charge in [0.2, 0.25) is 0 Å². The third kappa shape index (κ3) is 7.60. The van der Waals surface area contributed by atoms with E-state index in [0.717, 1.165) is 64.2 Å². The molecule has 3 rings (SSSR count). The zero-order valence-corrected chi connectivity index (χ0v) is 18.5. The summed E-state index contributed by atoms with van der Waals surface area (Å²) in [5.41, 5.74) is 0.544. The summed E-state index contributed by atoms with van der Waals surface area (Å²) in [5, 5.41) is 18.5. The number of nitrogens with zero attached hydrogens (tertiary/aromatic N) is 1. The first-order valence-corrected chi connectivity index (χ1v) is 11.7. The van der Waals surface area contributed by atoms with Crippen molar-refractivity contribution in [2.45, 2.75) is 89.6 Å². The van der Waals surface area contributed by atoms with Crippen molar-refractivity contribution in [3.05, 3.63) is 29.8 Å². The number of aliphatic hydroxyl groups is 1. The second kappa shape index (κ2) is 12.2. The van der Waals surface area contributed by atoms with Crippen molar-refractivity contribution in [3.63, 3.8) is 0 Å². The first kappa shape index (κ1) is 23.7. The van der Waals surface area contributed by atoms with Gasteiger partial charge in [-0.25, -0.2) is 0 Å². The van der Waals surface area contributed by atoms with Crippen LogP contribution >= 0.6 is 0 Å². The minimum Gasteiger partial charge on any atom is -0.426 e. The molecule has 1 aromatic rings. The summed E-state index contributed by atoms with van der Waals surface area (Å²) >= 11 is 0. The van der Waals surface area contributed by atoms with Gasteiger partial charge in [-0.1, -0.05) is 13.3 Å². The van der Waals surface area contributed by atoms with Gasteiger partial charge in [-0.3, -0.25) is 4.79 Å².